The highest BCUT2D eigenvalue weighted by atomic mass is 16.5. The molecule has 0 amide bonds. The van der Waals surface area contributed by atoms with E-state index < -0.39 is 5.63 Å². The lowest BCUT2D eigenvalue weighted by molar-refractivity contribution is 0.264. The summed E-state index contributed by atoms with van der Waals surface area (Å²) < 4.78 is 10.1. The normalized spacial score (nSPS) is 10.9. The molecule has 0 atom stereocenters. The van der Waals surface area contributed by atoms with E-state index in [2.05, 4.69) is 0 Å². The lowest BCUT2D eigenvalue weighted by atomic mass is 10.1. The Kier molecular flexibility index (Phi) is 3.68. The molecule has 1 aromatic heterocycles. The number of ether oxygens (including phenoxy) is 1. The number of aliphatic hydroxyl groups excluding tert-OH is 1. The Labute approximate surface area is 87.8 Å². The Morgan fingerprint density at radius 1 is 1.53 bits per heavy atom. The van der Waals surface area contributed by atoms with Gasteiger partial charge in [-0.3, -0.25) is 0 Å². The maximum absolute atomic E-state index is 11.4. The van der Waals surface area contributed by atoms with Crippen LogP contribution in [0, 0.1) is 6.92 Å². The van der Waals surface area contributed by atoms with Gasteiger partial charge in [0.05, 0.1) is 13.7 Å². The van der Waals surface area contributed by atoms with Crippen LogP contribution in [0.1, 0.15) is 23.8 Å². The van der Waals surface area contributed by atoms with Crippen LogP contribution in [0.3, 0.4) is 0 Å². The largest absolute Gasteiger partial charge is 0.496 e. The number of aliphatic hydroxyl groups is 1. The van der Waals surface area contributed by atoms with Crippen molar-refractivity contribution < 1.29 is 14.3 Å². The minimum absolute atomic E-state index is 0.156. The maximum atomic E-state index is 11.4. The van der Waals surface area contributed by atoms with Gasteiger partial charge in [-0.05, 0) is 19.9 Å². The third-order valence-electron chi connectivity index (χ3n) is 2.11. The van der Waals surface area contributed by atoms with Crippen molar-refractivity contribution in [2.45, 2.75) is 20.5 Å². The molecule has 4 nitrogen and oxygen atoms in total. The van der Waals surface area contributed by atoms with E-state index in [1.165, 1.54) is 7.11 Å². The SMILES string of the molecule is CC=Cc1oc(=O)c(CO)c(OC)c1C. The van der Waals surface area contributed by atoms with Crippen molar-refractivity contribution in [2.75, 3.05) is 7.11 Å². The van der Waals surface area contributed by atoms with Crippen LogP contribution in [0.4, 0.5) is 0 Å². The molecule has 0 radical (unpaired) electrons. The summed E-state index contributed by atoms with van der Waals surface area (Å²) in [5, 5.41) is 9.02. The molecule has 0 bridgehead atoms. The van der Waals surface area contributed by atoms with Crippen molar-refractivity contribution in [2.24, 2.45) is 0 Å². The Bertz CT molecular complexity index is 429. The van der Waals surface area contributed by atoms with Crippen LogP contribution in [-0.4, -0.2) is 12.2 Å². The number of hydrogen-bond acceptors (Lipinski definition) is 4. The quantitative estimate of drug-likeness (QED) is 0.820. The van der Waals surface area contributed by atoms with Gasteiger partial charge in [0.1, 0.15) is 17.1 Å². The fraction of sp³-hybridized carbons (Fsp3) is 0.364. The van der Waals surface area contributed by atoms with Crippen LogP contribution in [0.5, 0.6) is 5.75 Å². The van der Waals surface area contributed by atoms with Crippen molar-refractivity contribution in [3.05, 3.63) is 33.4 Å². The van der Waals surface area contributed by atoms with Gasteiger partial charge in [-0.25, -0.2) is 4.79 Å². The van der Waals surface area contributed by atoms with Crippen molar-refractivity contribution in [3.8, 4) is 5.75 Å². The Balaban J connectivity index is 3.51. The van der Waals surface area contributed by atoms with Gasteiger partial charge < -0.3 is 14.3 Å². The summed E-state index contributed by atoms with van der Waals surface area (Å²) in [5.74, 6) is 0.846. The molecule has 4 heteroatoms. The van der Waals surface area contributed by atoms with Crippen LogP contribution in [-0.2, 0) is 6.61 Å². The van der Waals surface area contributed by atoms with Crippen molar-refractivity contribution >= 4 is 6.08 Å². The summed E-state index contributed by atoms with van der Waals surface area (Å²) in [6, 6.07) is 0. The fourth-order valence-electron chi connectivity index (χ4n) is 1.39. The van der Waals surface area contributed by atoms with Gasteiger partial charge >= 0.3 is 5.63 Å². The monoisotopic (exact) mass is 210 g/mol. The zero-order chi connectivity index (χ0) is 11.4. The van der Waals surface area contributed by atoms with E-state index in [1.54, 1.807) is 19.1 Å². The topological polar surface area (TPSA) is 59.7 Å². The first-order valence-corrected chi connectivity index (χ1v) is 4.59. The lowest BCUT2D eigenvalue weighted by Crippen LogP contribution is -2.12. The molecule has 0 aliphatic carbocycles. The minimum Gasteiger partial charge on any atom is -0.496 e. The van der Waals surface area contributed by atoms with Gasteiger partial charge in [0, 0.05) is 5.56 Å². The van der Waals surface area contributed by atoms with Crippen molar-refractivity contribution in [1.82, 2.24) is 0 Å². The van der Waals surface area contributed by atoms with Gasteiger partial charge in [0.15, 0.2) is 0 Å². The number of allylic oxidation sites excluding steroid dienone is 1. The van der Waals surface area contributed by atoms with Crippen LogP contribution in [0.25, 0.3) is 6.08 Å². The smallest absolute Gasteiger partial charge is 0.345 e. The molecule has 0 spiro atoms. The zero-order valence-electron chi connectivity index (χ0n) is 9.03. The summed E-state index contributed by atoms with van der Waals surface area (Å²) in [4.78, 5) is 11.4. The van der Waals surface area contributed by atoms with E-state index in [4.69, 9.17) is 14.3 Å². The molecule has 1 rings (SSSR count). The summed E-state index contributed by atoms with van der Waals surface area (Å²) in [6.07, 6.45) is 3.45. The molecule has 1 N–H and O–H groups in total. The highest BCUT2D eigenvalue weighted by Crippen LogP contribution is 2.24. The summed E-state index contributed by atoms with van der Waals surface area (Å²) in [7, 11) is 1.46. The Morgan fingerprint density at radius 3 is 2.67 bits per heavy atom. The van der Waals surface area contributed by atoms with Crippen LogP contribution >= 0.6 is 0 Å². The molecule has 15 heavy (non-hydrogen) atoms. The lowest BCUT2D eigenvalue weighted by Gasteiger charge is -2.09. The Morgan fingerprint density at radius 2 is 2.20 bits per heavy atom. The van der Waals surface area contributed by atoms with E-state index in [1.807, 2.05) is 6.92 Å². The third kappa shape index (κ3) is 2.10. The summed E-state index contributed by atoms with van der Waals surface area (Å²) in [6.45, 7) is 3.21. The first-order chi connectivity index (χ1) is 7.15. The molecular formula is C11H14O4. The molecule has 1 aromatic rings. The highest BCUT2D eigenvalue weighted by molar-refractivity contribution is 5.53. The van der Waals surface area contributed by atoms with Gasteiger partial charge in [-0.15, -0.1) is 0 Å². The van der Waals surface area contributed by atoms with Crippen molar-refractivity contribution in [3.63, 3.8) is 0 Å². The summed E-state index contributed by atoms with van der Waals surface area (Å²) >= 11 is 0. The van der Waals surface area contributed by atoms with E-state index >= 15 is 0 Å². The summed E-state index contributed by atoms with van der Waals surface area (Å²) in [5.41, 5.74) is 0.301. The minimum atomic E-state index is -0.562. The molecule has 0 saturated heterocycles. The van der Waals surface area contributed by atoms with Gasteiger partial charge in [0.2, 0.25) is 0 Å². The molecular weight excluding hydrogens is 196 g/mol. The predicted molar refractivity (Wildman–Crippen MR) is 56.9 cm³/mol. The van der Waals surface area contributed by atoms with E-state index in [0.717, 1.165) is 0 Å². The Hall–Kier alpha value is -1.55. The zero-order valence-corrected chi connectivity index (χ0v) is 9.03. The molecule has 0 saturated carbocycles. The first kappa shape index (κ1) is 11.5. The van der Waals surface area contributed by atoms with E-state index in [9.17, 15) is 4.79 Å². The fourth-order valence-corrected chi connectivity index (χ4v) is 1.39. The third-order valence-corrected chi connectivity index (χ3v) is 2.11. The van der Waals surface area contributed by atoms with Crippen molar-refractivity contribution in [1.29, 1.82) is 0 Å². The molecule has 1 heterocycles. The second-order valence-corrected chi connectivity index (χ2v) is 3.05. The second kappa shape index (κ2) is 4.79. The molecule has 0 unspecified atom stereocenters. The highest BCUT2D eigenvalue weighted by Gasteiger charge is 2.15. The van der Waals surface area contributed by atoms with E-state index in [0.29, 0.717) is 17.1 Å². The van der Waals surface area contributed by atoms with Gasteiger partial charge in [0.25, 0.3) is 0 Å². The molecule has 82 valence electrons. The molecule has 0 aliphatic heterocycles. The van der Waals surface area contributed by atoms with E-state index in [-0.39, 0.29) is 12.2 Å². The van der Waals surface area contributed by atoms with Crippen LogP contribution < -0.4 is 10.4 Å². The van der Waals surface area contributed by atoms with Gasteiger partial charge in [-0.1, -0.05) is 6.08 Å². The second-order valence-electron chi connectivity index (χ2n) is 3.05. The molecule has 0 fully saturated rings. The molecule has 0 aliphatic rings. The number of hydrogen-bond donors (Lipinski definition) is 1. The molecule has 0 aromatic carbocycles. The average Bonchev–Trinajstić information content (AvgIpc) is 2.22. The maximum Gasteiger partial charge on any atom is 0.345 e. The first-order valence-electron chi connectivity index (χ1n) is 4.59. The van der Waals surface area contributed by atoms with Gasteiger partial charge in [-0.2, -0.15) is 0 Å². The van der Waals surface area contributed by atoms with Crippen LogP contribution in [0.15, 0.2) is 15.3 Å². The average molecular weight is 210 g/mol. The van der Waals surface area contributed by atoms with Crippen LogP contribution in [0.2, 0.25) is 0 Å². The number of rotatable bonds is 3. The predicted octanol–water partition coefficient (Wildman–Crippen LogP) is 1.48. The standard InChI is InChI=1S/C11H14O4/c1-4-5-9-7(2)10(14-3)8(6-12)11(13)15-9/h4-5,12H,6H2,1-3H3. The number of methoxy groups -OCH3 is 1.